The number of hydrogen-bond donors (Lipinski definition) is 0. The highest BCUT2D eigenvalue weighted by Crippen LogP contribution is 2.33. The Morgan fingerprint density at radius 3 is 2.63 bits per heavy atom. The molecule has 1 aromatic rings. The molecule has 0 aliphatic carbocycles. The van der Waals surface area contributed by atoms with Crippen LogP contribution >= 0.6 is 11.6 Å². The minimum atomic E-state index is -4.51. The summed E-state index contributed by atoms with van der Waals surface area (Å²) in [6, 6.07) is 1.11. The maximum atomic E-state index is 12.7. The van der Waals surface area contributed by atoms with Crippen LogP contribution in [-0.4, -0.2) is 22.6 Å². The lowest BCUT2D eigenvalue weighted by atomic mass is 9.92. The SMILES string of the molecule is CC1CCCN(c2cc(C(F)(F)F)nc(Cl)n2)C1C. The summed E-state index contributed by atoms with van der Waals surface area (Å²) >= 11 is 5.61. The van der Waals surface area contributed by atoms with Crippen LogP contribution < -0.4 is 4.90 Å². The summed E-state index contributed by atoms with van der Waals surface area (Å²) in [6.45, 7) is 4.77. The molecule has 0 aromatic carbocycles. The van der Waals surface area contributed by atoms with Crippen molar-refractivity contribution < 1.29 is 13.2 Å². The van der Waals surface area contributed by atoms with Gasteiger partial charge in [-0.1, -0.05) is 6.92 Å². The first-order chi connectivity index (χ1) is 8.79. The predicted octanol–water partition coefficient (Wildman–Crippen LogP) is 3.77. The Morgan fingerprint density at radius 1 is 1.32 bits per heavy atom. The molecule has 0 amide bonds. The van der Waals surface area contributed by atoms with Gasteiger partial charge >= 0.3 is 6.18 Å². The van der Waals surface area contributed by atoms with Crippen LogP contribution in [0.1, 0.15) is 32.4 Å². The first-order valence-corrected chi connectivity index (χ1v) is 6.55. The molecule has 1 aliphatic heterocycles. The summed E-state index contributed by atoms with van der Waals surface area (Å²) in [5, 5.41) is -0.366. The number of anilines is 1. The Morgan fingerprint density at radius 2 is 2.00 bits per heavy atom. The number of hydrogen-bond acceptors (Lipinski definition) is 3. The van der Waals surface area contributed by atoms with Crippen molar-refractivity contribution in [2.75, 3.05) is 11.4 Å². The molecule has 0 radical (unpaired) electrons. The van der Waals surface area contributed by atoms with E-state index in [1.807, 2.05) is 11.8 Å². The van der Waals surface area contributed by atoms with Gasteiger partial charge in [0.05, 0.1) is 0 Å². The first kappa shape index (κ1) is 14.4. The van der Waals surface area contributed by atoms with Crippen LogP contribution in [-0.2, 0) is 6.18 Å². The number of rotatable bonds is 1. The summed E-state index contributed by atoms with van der Waals surface area (Å²) in [5.41, 5.74) is -0.993. The van der Waals surface area contributed by atoms with E-state index in [0.717, 1.165) is 18.9 Å². The van der Waals surface area contributed by atoms with Gasteiger partial charge in [-0.3, -0.25) is 0 Å². The van der Waals surface area contributed by atoms with Crippen LogP contribution in [0.2, 0.25) is 5.28 Å². The number of aromatic nitrogens is 2. The van der Waals surface area contributed by atoms with E-state index >= 15 is 0 Å². The van der Waals surface area contributed by atoms with Gasteiger partial charge in [-0.15, -0.1) is 0 Å². The quantitative estimate of drug-likeness (QED) is 0.738. The second-order valence-electron chi connectivity index (χ2n) is 4.93. The molecule has 1 aliphatic rings. The van der Waals surface area contributed by atoms with E-state index in [0.29, 0.717) is 12.5 Å². The Bertz CT molecular complexity index is 464. The molecule has 106 valence electrons. The summed E-state index contributed by atoms with van der Waals surface area (Å²) in [7, 11) is 0. The van der Waals surface area contributed by atoms with Crippen LogP contribution in [0.4, 0.5) is 19.0 Å². The molecular weight excluding hydrogens is 279 g/mol. The molecule has 3 nitrogen and oxygen atoms in total. The molecule has 1 saturated heterocycles. The number of nitrogens with zero attached hydrogens (tertiary/aromatic N) is 3. The van der Waals surface area contributed by atoms with E-state index in [-0.39, 0.29) is 17.1 Å². The third kappa shape index (κ3) is 3.11. The van der Waals surface area contributed by atoms with Gasteiger partial charge in [0.2, 0.25) is 5.28 Å². The van der Waals surface area contributed by atoms with E-state index in [2.05, 4.69) is 16.9 Å². The Hall–Kier alpha value is -1.04. The zero-order valence-electron chi connectivity index (χ0n) is 10.7. The van der Waals surface area contributed by atoms with E-state index in [1.165, 1.54) is 0 Å². The molecule has 1 aromatic heterocycles. The molecule has 19 heavy (non-hydrogen) atoms. The van der Waals surface area contributed by atoms with Crippen LogP contribution in [0.5, 0.6) is 0 Å². The van der Waals surface area contributed by atoms with Gasteiger partial charge in [0.25, 0.3) is 0 Å². The standard InChI is InChI=1S/C12H15ClF3N3/c1-7-4-3-5-19(8(7)2)10-6-9(12(14,15)16)17-11(13)18-10/h6-8H,3-5H2,1-2H3. The van der Waals surface area contributed by atoms with Crippen molar-refractivity contribution in [2.45, 2.75) is 38.9 Å². The molecule has 2 heterocycles. The number of alkyl halides is 3. The topological polar surface area (TPSA) is 29.0 Å². The van der Waals surface area contributed by atoms with E-state index < -0.39 is 11.9 Å². The molecule has 0 bridgehead atoms. The smallest absolute Gasteiger partial charge is 0.353 e. The average Bonchev–Trinajstić information content (AvgIpc) is 2.31. The first-order valence-electron chi connectivity index (χ1n) is 6.17. The van der Waals surface area contributed by atoms with Crippen molar-refractivity contribution in [2.24, 2.45) is 5.92 Å². The minimum absolute atomic E-state index is 0.140. The minimum Gasteiger partial charge on any atom is -0.353 e. The molecular formula is C12H15ClF3N3. The Balaban J connectivity index is 2.36. The molecule has 0 spiro atoms. The normalized spacial score (nSPS) is 24.6. The van der Waals surface area contributed by atoms with Gasteiger partial charge in [-0.25, -0.2) is 9.97 Å². The predicted molar refractivity (Wildman–Crippen MR) is 67.3 cm³/mol. The fourth-order valence-corrected chi connectivity index (χ4v) is 2.53. The van der Waals surface area contributed by atoms with Gasteiger partial charge in [-0.05, 0) is 37.3 Å². The summed E-state index contributed by atoms with van der Waals surface area (Å²) in [6.07, 6.45) is -2.50. The van der Waals surface area contributed by atoms with E-state index in [1.54, 1.807) is 0 Å². The fourth-order valence-electron chi connectivity index (χ4n) is 2.36. The second-order valence-corrected chi connectivity index (χ2v) is 5.27. The van der Waals surface area contributed by atoms with Crippen molar-refractivity contribution >= 4 is 17.4 Å². The highest BCUT2D eigenvalue weighted by Gasteiger charge is 2.35. The van der Waals surface area contributed by atoms with Gasteiger partial charge in [0.15, 0.2) is 5.69 Å². The largest absolute Gasteiger partial charge is 0.433 e. The molecule has 0 N–H and O–H groups in total. The Labute approximate surface area is 114 Å². The maximum Gasteiger partial charge on any atom is 0.433 e. The van der Waals surface area contributed by atoms with Crippen LogP contribution in [0.3, 0.4) is 0 Å². The zero-order valence-corrected chi connectivity index (χ0v) is 11.5. The van der Waals surface area contributed by atoms with Crippen LogP contribution in [0, 0.1) is 5.92 Å². The second kappa shape index (κ2) is 5.15. The monoisotopic (exact) mass is 293 g/mol. The fraction of sp³-hybridized carbons (Fsp3) is 0.667. The lowest BCUT2D eigenvalue weighted by Crippen LogP contribution is -2.43. The van der Waals surface area contributed by atoms with Crippen LogP contribution in [0.15, 0.2) is 6.07 Å². The summed E-state index contributed by atoms with van der Waals surface area (Å²) < 4.78 is 38.2. The van der Waals surface area contributed by atoms with Crippen LogP contribution in [0.25, 0.3) is 0 Å². The molecule has 0 saturated carbocycles. The molecule has 2 unspecified atom stereocenters. The lowest BCUT2D eigenvalue weighted by Gasteiger charge is -2.38. The van der Waals surface area contributed by atoms with E-state index in [4.69, 9.17) is 11.6 Å². The third-order valence-electron chi connectivity index (χ3n) is 3.64. The zero-order chi connectivity index (χ0) is 14.2. The Kier molecular flexibility index (Phi) is 3.90. The highest BCUT2D eigenvalue weighted by atomic mass is 35.5. The average molecular weight is 294 g/mol. The van der Waals surface area contributed by atoms with Crippen molar-refractivity contribution in [1.82, 2.24) is 9.97 Å². The van der Waals surface area contributed by atoms with Crippen molar-refractivity contribution in [3.63, 3.8) is 0 Å². The molecule has 1 fully saturated rings. The van der Waals surface area contributed by atoms with Gasteiger partial charge in [-0.2, -0.15) is 13.2 Å². The van der Waals surface area contributed by atoms with E-state index in [9.17, 15) is 13.2 Å². The van der Waals surface area contributed by atoms with Crippen molar-refractivity contribution in [1.29, 1.82) is 0 Å². The third-order valence-corrected chi connectivity index (χ3v) is 3.81. The van der Waals surface area contributed by atoms with Gasteiger partial charge in [0, 0.05) is 18.7 Å². The number of halogens is 4. The molecule has 2 atom stereocenters. The summed E-state index contributed by atoms with van der Waals surface area (Å²) in [5.74, 6) is 0.670. The highest BCUT2D eigenvalue weighted by molar-refractivity contribution is 6.28. The molecule has 7 heteroatoms. The van der Waals surface area contributed by atoms with Gasteiger partial charge < -0.3 is 4.90 Å². The van der Waals surface area contributed by atoms with Crippen molar-refractivity contribution in [3.8, 4) is 0 Å². The summed E-state index contributed by atoms with van der Waals surface area (Å²) in [4.78, 5) is 9.05. The van der Waals surface area contributed by atoms with Gasteiger partial charge in [0.1, 0.15) is 5.82 Å². The lowest BCUT2D eigenvalue weighted by molar-refractivity contribution is -0.141. The maximum absolute atomic E-state index is 12.7. The number of piperidine rings is 1. The van der Waals surface area contributed by atoms with Crippen molar-refractivity contribution in [3.05, 3.63) is 17.0 Å². The molecule has 2 rings (SSSR count).